The van der Waals surface area contributed by atoms with Gasteiger partial charge in [-0.3, -0.25) is 4.79 Å². The first-order valence-electron chi connectivity index (χ1n) is 4.51. The zero-order chi connectivity index (χ0) is 10.8. The van der Waals surface area contributed by atoms with Crippen molar-refractivity contribution in [3.05, 3.63) is 17.5 Å². The first-order chi connectivity index (χ1) is 6.49. The van der Waals surface area contributed by atoms with Gasteiger partial charge in [-0.2, -0.15) is 0 Å². The van der Waals surface area contributed by atoms with Gasteiger partial charge in [0.1, 0.15) is 0 Å². The van der Waals surface area contributed by atoms with E-state index in [4.69, 9.17) is 5.73 Å². The van der Waals surface area contributed by atoms with E-state index in [-0.39, 0.29) is 5.91 Å². The van der Waals surface area contributed by atoms with Crippen molar-refractivity contribution < 1.29 is 4.79 Å². The molecule has 0 bridgehead atoms. The molecule has 0 aliphatic rings. The second-order valence-electron chi connectivity index (χ2n) is 3.90. The summed E-state index contributed by atoms with van der Waals surface area (Å²) in [5.74, 6) is 0.0578. The van der Waals surface area contributed by atoms with Gasteiger partial charge in [-0.15, -0.1) is 11.3 Å². The molecule has 0 aliphatic heterocycles. The molecule has 0 aromatic carbocycles. The average Bonchev–Trinajstić information content (AvgIpc) is 2.68. The van der Waals surface area contributed by atoms with E-state index in [1.54, 1.807) is 23.3 Å². The lowest BCUT2D eigenvalue weighted by atomic mass is 9.92. The highest BCUT2D eigenvalue weighted by Gasteiger charge is 2.29. The molecule has 0 radical (unpaired) electrons. The molecule has 4 heteroatoms. The van der Waals surface area contributed by atoms with E-state index < -0.39 is 5.41 Å². The predicted molar refractivity (Wildman–Crippen MR) is 60.6 cm³/mol. The van der Waals surface area contributed by atoms with Gasteiger partial charge in [0.15, 0.2) is 0 Å². The molecule has 0 unspecified atom stereocenters. The van der Waals surface area contributed by atoms with Crippen molar-refractivity contribution in [1.82, 2.24) is 0 Å². The van der Waals surface area contributed by atoms with Gasteiger partial charge < -0.3 is 10.6 Å². The van der Waals surface area contributed by atoms with Crippen molar-refractivity contribution in [2.45, 2.75) is 13.8 Å². The molecule has 0 aliphatic carbocycles. The van der Waals surface area contributed by atoms with E-state index in [9.17, 15) is 4.79 Å². The van der Waals surface area contributed by atoms with Gasteiger partial charge in [-0.1, -0.05) is 0 Å². The lowest BCUT2D eigenvalue weighted by Gasteiger charge is -2.27. The van der Waals surface area contributed by atoms with E-state index in [2.05, 4.69) is 0 Å². The number of nitrogens with zero attached hydrogens (tertiary/aromatic N) is 1. The van der Waals surface area contributed by atoms with Crippen molar-refractivity contribution in [2.75, 3.05) is 18.5 Å². The van der Waals surface area contributed by atoms with Gasteiger partial charge >= 0.3 is 0 Å². The average molecular weight is 212 g/mol. The Hall–Kier alpha value is -0.870. The molecular weight excluding hydrogens is 196 g/mol. The van der Waals surface area contributed by atoms with E-state index in [1.807, 2.05) is 31.4 Å². The Morgan fingerprint density at radius 3 is 2.71 bits per heavy atom. The normalized spacial score (nSPS) is 11.4. The number of hydrogen-bond donors (Lipinski definition) is 1. The highest BCUT2D eigenvalue weighted by molar-refractivity contribution is 7.14. The maximum atomic E-state index is 11.9. The quantitative estimate of drug-likeness (QED) is 0.829. The first kappa shape index (κ1) is 11.2. The van der Waals surface area contributed by atoms with Crippen molar-refractivity contribution in [1.29, 1.82) is 0 Å². The molecule has 14 heavy (non-hydrogen) atoms. The van der Waals surface area contributed by atoms with E-state index >= 15 is 0 Å². The largest absolute Gasteiger partial charge is 0.329 e. The number of nitrogens with two attached hydrogens (primary N) is 1. The van der Waals surface area contributed by atoms with Crippen molar-refractivity contribution >= 4 is 22.2 Å². The fourth-order valence-electron chi connectivity index (χ4n) is 1.10. The number of amides is 1. The number of carbonyl (C=O) groups excluding carboxylic acids is 1. The van der Waals surface area contributed by atoms with Crippen molar-refractivity contribution in [2.24, 2.45) is 11.1 Å². The molecule has 1 heterocycles. The number of thiophene rings is 1. The molecule has 1 rings (SSSR count). The summed E-state index contributed by atoms with van der Waals surface area (Å²) in [7, 11) is 1.78. The fraction of sp³-hybridized carbons (Fsp3) is 0.500. The Kier molecular flexibility index (Phi) is 3.29. The minimum Gasteiger partial charge on any atom is -0.329 e. The van der Waals surface area contributed by atoms with Crippen LogP contribution in [0.15, 0.2) is 17.5 Å². The molecule has 78 valence electrons. The third-order valence-corrected chi connectivity index (χ3v) is 3.18. The Bertz CT molecular complexity index is 306. The van der Waals surface area contributed by atoms with Gasteiger partial charge in [0, 0.05) is 13.6 Å². The van der Waals surface area contributed by atoms with E-state index in [0.717, 1.165) is 5.00 Å². The summed E-state index contributed by atoms with van der Waals surface area (Å²) in [5.41, 5.74) is 5.07. The van der Waals surface area contributed by atoms with E-state index in [1.165, 1.54) is 0 Å². The minimum absolute atomic E-state index is 0.0578. The smallest absolute Gasteiger partial charge is 0.234 e. The minimum atomic E-state index is -0.487. The molecular formula is C10H16N2OS. The van der Waals surface area contributed by atoms with Crippen LogP contribution in [-0.4, -0.2) is 19.5 Å². The topological polar surface area (TPSA) is 46.3 Å². The Morgan fingerprint density at radius 2 is 2.29 bits per heavy atom. The predicted octanol–water partition coefficient (Wildman–Crippen LogP) is 1.70. The van der Waals surface area contributed by atoms with Crippen LogP contribution >= 0.6 is 11.3 Å². The van der Waals surface area contributed by atoms with Crippen LogP contribution in [-0.2, 0) is 4.79 Å². The number of anilines is 1. The highest BCUT2D eigenvalue weighted by atomic mass is 32.1. The molecule has 1 amide bonds. The second-order valence-corrected chi connectivity index (χ2v) is 4.83. The molecule has 0 spiro atoms. The van der Waals surface area contributed by atoms with Crippen LogP contribution in [0.5, 0.6) is 0 Å². The molecule has 1 aromatic rings. The fourth-order valence-corrected chi connectivity index (χ4v) is 1.80. The summed E-state index contributed by atoms with van der Waals surface area (Å²) in [4.78, 5) is 13.6. The van der Waals surface area contributed by atoms with Gasteiger partial charge in [0.25, 0.3) is 0 Å². The Labute approximate surface area is 88.5 Å². The molecule has 0 atom stereocenters. The molecule has 2 N–H and O–H groups in total. The van der Waals surface area contributed by atoms with Crippen molar-refractivity contribution in [3.8, 4) is 0 Å². The maximum absolute atomic E-state index is 11.9. The summed E-state index contributed by atoms with van der Waals surface area (Å²) in [5, 5.41) is 2.91. The van der Waals surface area contributed by atoms with Gasteiger partial charge in [0.2, 0.25) is 5.91 Å². The zero-order valence-corrected chi connectivity index (χ0v) is 9.60. The molecule has 1 aromatic heterocycles. The van der Waals surface area contributed by atoms with Crippen LogP contribution in [0.25, 0.3) is 0 Å². The lowest BCUT2D eigenvalue weighted by Crippen LogP contribution is -2.42. The zero-order valence-electron chi connectivity index (χ0n) is 8.78. The summed E-state index contributed by atoms with van der Waals surface area (Å²) in [6.07, 6.45) is 0. The molecule has 0 saturated carbocycles. The van der Waals surface area contributed by atoms with Crippen LogP contribution in [0, 0.1) is 5.41 Å². The molecule has 3 nitrogen and oxygen atoms in total. The standard InChI is InChI=1S/C10H16N2OS/c1-10(2,7-11)9(13)12(3)8-5-4-6-14-8/h4-6H,7,11H2,1-3H3. The number of hydrogen-bond acceptors (Lipinski definition) is 3. The van der Waals surface area contributed by atoms with Gasteiger partial charge in [-0.25, -0.2) is 0 Å². The summed E-state index contributed by atoms with van der Waals surface area (Å²) in [6, 6.07) is 3.86. The monoisotopic (exact) mass is 212 g/mol. The van der Waals surface area contributed by atoms with Crippen LogP contribution in [0.4, 0.5) is 5.00 Å². The molecule has 0 saturated heterocycles. The molecule has 0 fully saturated rings. The summed E-state index contributed by atoms with van der Waals surface area (Å²) < 4.78 is 0. The summed E-state index contributed by atoms with van der Waals surface area (Å²) >= 11 is 1.55. The highest BCUT2D eigenvalue weighted by Crippen LogP contribution is 2.25. The van der Waals surface area contributed by atoms with Crippen LogP contribution < -0.4 is 10.6 Å². The third kappa shape index (κ3) is 2.13. The van der Waals surface area contributed by atoms with Crippen LogP contribution in [0.3, 0.4) is 0 Å². The van der Waals surface area contributed by atoms with Crippen LogP contribution in [0.2, 0.25) is 0 Å². The SMILES string of the molecule is CN(C(=O)C(C)(C)CN)c1cccs1. The van der Waals surface area contributed by atoms with Crippen molar-refractivity contribution in [3.63, 3.8) is 0 Å². The summed E-state index contributed by atoms with van der Waals surface area (Å²) in [6.45, 7) is 4.08. The first-order valence-corrected chi connectivity index (χ1v) is 5.39. The van der Waals surface area contributed by atoms with Crippen LogP contribution in [0.1, 0.15) is 13.8 Å². The third-order valence-electron chi connectivity index (χ3n) is 2.23. The number of rotatable bonds is 3. The van der Waals surface area contributed by atoms with E-state index in [0.29, 0.717) is 6.54 Å². The van der Waals surface area contributed by atoms with Gasteiger partial charge in [-0.05, 0) is 31.4 Å². The number of carbonyl (C=O) groups is 1. The Balaban J connectivity index is 2.81. The maximum Gasteiger partial charge on any atom is 0.234 e. The van der Waals surface area contributed by atoms with Gasteiger partial charge in [0.05, 0.1) is 10.4 Å². The lowest BCUT2D eigenvalue weighted by molar-refractivity contribution is -0.125. The Morgan fingerprint density at radius 1 is 1.64 bits per heavy atom. The second kappa shape index (κ2) is 4.11.